The lowest BCUT2D eigenvalue weighted by molar-refractivity contribution is -0.120. The fraction of sp³-hybridized carbons (Fsp3) is 0.235. The Kier molecular flexibility index (Phi) is 4.51. The first-order valence-corrected chi connectivity index (χ1v) is 6.51. The van der Waals surface area contributed by atoms with Crippen molar-refractivity contribution in [2.75, 3.05) is 6.61 Å². The van der Waals surface area contributed by atoms with Crippen LogP contribution in [0.25, 0.3) is 0 Å². The zero-order valence-electron chi connectivity index (χ0n) is 11.7. The highest BCUT2D eigenvalue weighted by Gasteiger charge is 2.07. The second-order valence-electron chi connectivity index (χ2n) is 4.90. The fourth-order valence-electron chi connectivity index (χ4n) is 1.90. The van der Waals surface area contributed by atoms with Crippen molar-refractivity contribution in [1.82, 2.24) is 0 Å². The Morgan fingerprint density at radius 3 is 2.50 bits per heavy atom. The minimum atomic E-state index is -0.298. The number of halogens is 1. The molecule has 0 N–H and O–H groups in total. The number of hydrogen-bond donors (Lipinski definition) is 0. The molecule has 104 valence electrons. The van der Waals surface area contributed by atoms with E-state index in [1.807, 2.05) is 32.0 Å². The van der Waals surface area contributed by atoms with Gasteiger partial charge in [0.1, 0.15) is 18.2 Å². The molecule has 0 radical (unpaired) electrons. The smallest absolute Gasteiger partial charge is 0.174 e. The van der Waals surface area contributed by atoms with Gasteiger partial charge < -0.3 is 4.74 Å². The van der Waals surface area contributed by atoms with Gasteiger partial charge in [0.25, 0.3) is 0 Å². The van der Waals surface area contributed by atoms with E-state index in [1.165, 1.54) is 12.1 Å². The average molecular weight is 272 g/mol. The molecule has 0 bridgehead atoms. The molecule has 3 heteroatoms. The van der Waals surface area contributed by atoms with Crippen LogP contribution in [0.4, 0.5) is 4.39 Å². The first-order chi connectivity index (χ1) is 9.54. The molecular formula is C17H17FO2. The molecule has 0 aromatic heterocycles. The van der Waals surface area contributed by atoms with Crippen molar-refractivity contribution in [3.63, 3.8) is 0 Å². The number of benzene rings is 2. The molecule has 0 spiro atoms. The maximum absolute atomic E-state index is 12.8. The van der Waals surface area contributed by atoms with Gasteiger partial charge in [0.2, 0.25) is 0 Å². The summed E-state index contributed by atoms with van der Waals surface area (Å²) in [5.41, 5.74) is 2.89. The summed E-state index contributed by atoms with van der Waals surface area (Å²) in [6, 6.07) is 11.8. The molecule has 0 unspecified atom stereocenters. The molecule has 0 heterocycles. The van der Waals surface area contributed by atoms with E-state index < -0.39 is 0 Å². The van der Waals surface area contributed by atoms with Gasteiger partial charge in [-0.2, -0.15) is 0 Å². The first-order valence-electron chi connectivity index (χ1n) is 6.51. The third-order valence-corrected chi connectivity index (χ3v) is 3.05. The number of rotatable bonds is 5. The summed E-state index contributed by atoms with van der Waals surface area (Å²) in [5, 5.41) is 0. The maximum atomic E-state index is 12.8. The Morgan fingerprint density at radius 1 is 1.10 bits per heavy atom. The standard InChI is InChI=1S/C17H17FO2/c1-12-3-4-13(2)17(9-12)20-11-16(19)10-14-5-7-15(18)8-6-14/h3-9H,10-11H2,1-2H3. The van der Waals surface area contributed by atoms with Crippen molar-refractivity contribution >= 4 is 5.78 Å². The molecule has 2 rings (SSSR count). The fourth-order valence-corrected chi connectivity index (χ4v) is 1.90. The number of ether oxygens (including phenoxy) is 1. The summed E-state index contributed by atoms with van der Waals surface area (Å²) < 4.78 is 18.3. The van der Waals surface area contributed by atoms with E-state index in [9.17, 15) is 9.18 Å². The van der Waals surface area contributed by atoms with Gasteiger partial charge in [-0.05, 0) is 48.7 Å². The monoisotopic (exact) mass is 272 g/mol. The molecule has 0 aliphatic heterocycles. The normalized spacial score (nSPS) is 10.3. The Hall–Kier alpha value is -2.16. The van der Waals surface area contributed by atoms with Crippen LogP contribution in [0.1, 0.15) is 16.7 Å². The Labute approximate surface area is 118 Å². The predicted octanol–water partition coefficient (Wildman–Crippen LogP) is 3.63. The van der Waals surface area contributed by atoms with Crippen LogP contribution in [0.2, 0.25) is 0 Å². The van der Waals surface area contributed by atoms with Gasteiger partial charge in [0, 0.05) is 6.42 Å². The lowest BCUT2D eigenvalue weighted by Gasteiger charge is -2.09. The third-order valence-electron chi connectivity index (χ3n) is 3.05. The number of hydrogen-bond acceptors (Lipinski definition) is 2. The average Bonchev–Trinajstić information content (AvgIpc) is 2.42. The van der Waals surface area contributed by atoms with Crippen LogP contribution in [0.3, 0.4) is 0 Å². The van der Waals surface area contributed by atoms with Gasteiger partial charge >= 0.3 is 0 Å². The van der Waals surface area contributed by atoms with Gasteiger partial charge in [-0.15, -0.1) is 0 Å². The van der Waals surface area contributed by atoms with Crippen molar-refractivity contribution in [1.29, 1.82) is 0 Å². The molecular weight excluding hydrogens is 255 g/mol. The third kappa shape index (κ3) is 3.92. The van der Waals surface area contributed by atoms with Crippen molar-refractivity contribution in [2.24, 2.45) is 0 Å². The summed E-state index contributed by atoms with van der Waals surface area (Å²) in [6.07, 6.45) is 0.255. The maximum Gasteiger partial charge on any atom is 0.174 e. The largest absolute Gasteiger partial charge is 0.486 e. The minimum absolute atomic E-state index is 0.0294. The highest BCUT2D eigenvalue weighted by atomic mass is 19.1. The number of Topliss-reactive ketones (excluding diaryl/α,β-unsaturated/α-hetero) is 1. The molecule has 2 aromatic rings. The molecule has 0 saturated carbocycles. The minimum Gasteiger partial charge on any atom is -0.486 e. The number of carbonyl (C=O) groups excluding carboxylic acids is 1. The molecule has 0 aliphatic carbocycles. The van der Waals surface area contributed by atoms with Gasteiger partial charge in [-0.3, -0.25) is 4.79 Å². The van der Waals surface area contributed by atoms with Crippen LogP contribution in [0, 0.1) is 19.7 Å². The summed E-state index contributed by atoms with van der Waals surface area (Å²) in [6.45, 7) is 3.95. The van der Waals surface area contributed by atoms with Crippen molar-refractivity contribution in [2.45, 2.75) is 20.3 Å². The van der Waals surface area contributed by atoms with E-state index in [0.29, 0.717) is 0 Å². The van der Waals surface area contributed by atoms with E-state index in [2.05, 4.69) is 0 Å². The highest BCUT2D eigenvalue weighted by molar-refractivity contribution is 5.82. The van der Waals surface area contributed by atoms with Crippen LogP contribution in [-0.2, 0) is 11.2 Å². The summed E-state index contributed by atoms with van der Waals surface area (Å²) in [5.74, 6) is 0.405. The molecule has 0 fully saturated rings. The molecule has 2 aromatic carbocycles. The van der Waals surface area contributed by atoms with E-state index in [4.69, 9.17) is 4.74 Å². The van der Waals surface area contributed by atoms with Gasteiger partial charge in [0.05, 0.1) is 0 Å². The lowest BCUT2D eigenvalue weighted by Crippen LogP contribution is -2.14. The molecule has 20 heavy (non-hydrogen) atoms. The zero-order valence-corrected chi connectivity index (χ0v) is 11.7. The zero-order chi connectivity index (χ0) is 14.5. The second kappa shape index (κ2) is 6.33. The number of ketones is 1. The SMILES string of the molecule is Cc1ccc(C)c(OCC(=O)Cc2ccc(F)cc2)c1. The predicted molar refractivity (Wildman–Crippen MR) is 76.5 cm³/mol. The van der Waals surface area contributed by atoms with E-state index in [1.54, 1.807) is 12.1 Å². The number of aryl methyl sites for hydroxylation is 2. The van der Waals surface area contributed by atoms with Gasteiger partial charge in [0.15, 0.2) is 5.78 Å². The molecule has 0 saturated heterocycles. The van der Waals surface area contributed by atoms with Crippen molar-refractivity contribution in [3.05, 3.63) is 65.0 Å². The molecule has 0 aliphatic rings. The molecule has 2 nitrogen and oxygen atoms in total. The quantitative estimate of drug-likeness (QED) is 0.830. The number of carbonyl (C=O) groups is 1. The molecule has 0 amide bonds. The first kappa shape index (κ1) is 14.3. The van der Waals surface area contributed by atoms with Gasteiger partial charge in [-0.25, -0.2) is 4.39 Å². The highest BCUT2D eigenvalue weighted by Crippen LogP contribution is 2.19. The van der Waals surface area contributed by atoms with E-state index >= 15 is 0 Å². The van der Waals surface area contributed by atoms with Crippen molar-refractivity contribution in [3.8, 4) is 5.75 Å². The van der Waals surface area contributed by atoms with Crippen LogP contribution >= 0.6 is 0 Å². The van der Waals surface area contributed by atoms with Crippen LogP contribution in [-0.4, -0.2) is 12.4 Å². The Balaban J connectivity index is 1.92. The van der Waals surface area contributed by atoms with E-state index in [-0.39, 0.29) is 24.6 Å². The lowest BCUT2D eigenvalue weighted by atomic mass is 10.1. The summed E-state index contributed by atoms with van der Waals surface area (Å²) >= 11 is 0. The van der Waals surface area contributed by atoms with Crippen molar-refractivity contribution < 1.29 is 13.9 Å². The Bertz CT molecular complexity index is 603. The molecule has 0 atom stereocenters. The van der Waals surface area contributed by atoms with Crippen LogP contribution in [0.15, 0.2) is 42.5 Å². The van der Waals surface area contributed by atoms with Crippen LogP contribution < -0.4 is 4.74 Å². The van der Waals surface area contributed by atoms with Gasteiger partial charge in [-0.1, -0.05) is 24.3 Å². The Morgan fingerprint density at radius 2 is 1.80 bits per heavy atom. The summed E-state index contributed by atoms with van der Waals surface area (Å²) in [4.78, 5) is 11.8. The second-order valence-corrected chi connectivity index (χ2v) is 4.90. The summed E-state index contributed by atoms with van der Waals surface area (Å²) in [7, 11) is 0. The van der Waals surface area contributed by atoms with E-state index in [0.717, 1.165) is 22.4 Å². The van der Waals surface area contributed by atoms with Crippen LogP contribution in [0.5, 0.6) is 5.75 Å². The topological polar surface area (TPSA) is 26.3 Å².